The van der Waals surface area contributed by atoms with Crippen LogP contribution < -0.4 is 9.47 Å². The summed E-state index contributed by atoms with van der Waals surface area (Å²) < 4.78 is 172. The first-order valence-electron chi connectivity index (χ1n) is 33.3. The number of Topliss-reactive ketones (excluding diaryl/α,β-unsaturated/α-hetero) is 3. The number of ether oxygens (including phenoxy) is 2. The molecule has 0 N–H and O–H groups in total. The number of aryl methyl sites for hydroxylation is 2. The molecule has 5 aromatic carbocycles. The second-order valence-corrected chi connectivity index (χ2v) is 36.8. The van der Waals surface area contributed by atoms with Crippen LogP contribution in [0.25, 0.3) is 0 Å². The van der Waals surface area contributed by atoms with Crippen molar-refractivity contribution < 1.29 is 133 Å². The van der Waals surface area contributed by atoms with E-state index in [4.69, 9.17) is 90.9 Å². The summed E-state index contributed by atoms with van der Waals surface area (Å²) in [6.07, 6.45) is 6.93. The Morgan fingerprint density at radius 2 is 0.667 bits per heavy atom. The van der Waals surface area contributed by atoms with Gasteiger partial charge in [-0.2, -0.15) is 0 Å². The molecule has 102 heavy (non-hydrogen) atoms. The molecule has 29 nitrogen and oxygen atoms in total. The molecule has 0 atom stereocenters. The number of unbranched alkanes of at least 4 members (excludes halogenated alkanes) is 4. The van der Waals surface area contributed by atoms with E-state index in [-0.39, 0.29) is 122 Å². The van der Waals surface area contributed by atoms with Crippen LogP contribution in [0.3, 0.4) is 0 Å². The Labute approximate surface area is 590 Å². The number of carbonyl (C=O) groups excluding carboxylic acids is 3. The molecular formula is C67H82O29P6. The fraction of sp³-hybridized carbons (Fsp3) is 0.507. The molecule has 0 unspecified atom stereocenters. The zero-order valence-corrected chi connectivity index (χ0v) is 61.8. The molecule has 18 fully saturated rings. The van der Waals surface area contributed by atoms with Gasteiger partial charge in [0.15, 0.2) is 22.8 Å². The molecule has 18 aliphatic heterocycles. The predicted octanol–water partition coefficient (Wildman–Crippen LogP) is 14.2. The largest absolute Gasteiger partial charge is 0.480 e. The fourth-order valence-corrected chi connectivity index (χ4v) is 20.5. The lowest BCUT2D eigenvalue weighted by Crippen LogP contribution is -2.55. The van der Waals surface area contributed by atoms with Crippen LogP contribution in [0.1, 0.15) is 82.9 Å². The quantitative estimate of drug-likeness (QED) is 0.0474. The van der Waals surface area contributed by atoms with Crippen molar-refractivity contribution in [2.24, 2.45) is 21.7 Å². The van der Waals surface area contributed by atoms with E-state index in [9.17, 15) is 41.8 Å². The summed E-state index contributed by atoms with van der Waals surface area (Å²) in [4.78, 5) is 37.0. The number of hydrogen-bond acceptors (Lipinski definition) is 29. The van der Waals surface area contributed by atoms with E-state index in [1.165, 1.54) is 24.8 Å². The molecule has 18 heterocycles. The second kappa shape index (κ2) is 32.1. The number of phosphoric ester groups is 6. The van der Waals surface area contributed by atoms with Gasteiger partial charge in [0, 0.05) is 23.0 Å². The molecule has 5 aromatic rings. The van der Waals surface area contributed by atoms with Crippen LogP contribution in [0.5, 0.6) is 11.5 Å². The smallest absolute Gasteiger partial charge is 0.475 e. The molecule has 23 rings (SSSR count). The van der Waals surface area contributed by atoms with Gasteiger partial charge in [0.25, 0.3) is 0 Å². The van der Waals surface area contributed by atoms with Gasteiger partial charge >= 0.3 is 46.9 Å². The second-order valence-electron chi connectivity index (χ2n) is 26.8. The summed E-state index contributed by atoms with van der Waals surface area (Å²) in [5.74, 6) is 1.39. The minimum atomic E-state index is -3.36. The number of benzene rings is 5. The van der Waals surface area contributed by atoms with Crippen molar-refractivity contribution in [1.29, 1.82) is 0 Å². The number of ketones is 3. The molecule has 0 aliphatic carbocycles. The van der Waals surface area contributed by atoms with Gasteiger partial charge in [-0.05, 0) is 68.1 Å². The van der Waals surface area contributed by atoms with Crippen molar-refractivity contribution >= 4 is 64.3 Å². The minimum Gasteiger partial charge on any atom is -0.480 e. The average molecular weight is 1540 g/mol. The predicted molar refractivity (Wildman–Crippen MR) is 362 cm³/mol. The fourth-order valence-electron chi connectivity index (χ4n) is 11.9. The van der Waals surface area contributed by atoms with Gasteiger partial charge < -0.3 is 9.47 Å². The van der Waals surface area contributed by atoms with E-state index in [1.807, 2.05) is 111 Å². The van der Waals surface area contributed by atoms with E-state index < -0.39 is 74.4 Å². The zero-order chi connectivity index (χ0) is 71.9. The molecule has 554 valence electrons. The summed E-state index contributed by atoms with van der Waals surface area (Å²) in [5, 5.41) is 0. The van der Waals surface area contributed by atoms with Crippen molar-refractivity contribution in [3.05, 3.63) is 167 Å². The van der Waals surface area contributed by atoms with Crippen LogP contribution in [-0.2, 0) is 120 Å². The van der Waals surface area contributed by atoms with Crippen molar-refractivity contribution in [2.45, 2.75) is 76.9 Å². The van der Waals surface area contributed by atoms with Gasteiger partial charge in [-0.25, -0.2) is 27.4 Å². The number of hydrogen-bond donors (Lipinski definition) is 0. The Balaban J connectivity index is 0.000000116. The van der Waals surface area contributed by atoms with E-state index in [0.29, 0.717) is 37.4 Å². The lowest BCUT2D eigenvalue weighted by atomic mass is 9.82. The van der Waals surface area contributed by atoms with E-state index in [2.05, 4.69) is 19.1 Å². The molecule has 18 saturated heterocycles. The van der Waals surface area contributed by atoms with Gasteiger partial charge in [-0.15, -0.1) is 0 Å². The number of rotatable bonds is 17. The maximum Gasteiger partial charge on any atom is 0.475 e. The van der Waals surface area contributed by atoms with E-state index in [0.717, 1.165) is 41.9 Å². The van der Waals surface area contributed by atoms with Gasteiger partial charge in [-0.3, -0.25) is 95.8 Å². The average Bonchev–Trinajstić information content (AvgIpc) is 0.599. The molecule has 0 radical (unpaired) electrons. The SMILES string of the molecule is CCCCCCCC(=O)C12COP(=O)(OC1)OC2.Cc1cccc(C(=O)C23COP(=O)(OC2)OC3)c1.Cc1cccc(OC23COP(=O)(OC2)OC3)c1.O=C(c1ccccc1)C12COP(=O)(OC1)OC2.O=P12OCC(Cc3ccccc3)(CO1)CO2.O=P12OCC(Oc3ccccc3)(CO1)CO2. The summed E-state index contributed by atoms with van der Waals surface area (Å²) in [7, 11) is -19.7. The van der Waals surface area contributed by atoms with Crippen LogP contribution in [0.2, 0.25) is 0 Å². The van der Waals surface area contributed by atoms with E-state index >= 15 is 0 Å². The van der Waals surface area contributed by atoms with Crippen LogP contribution >= 0.6 is 46.9 Å². The van der Waals surface area contributed by atoms with Crippen LogP contribution in [0.15, 0.2) is 140 Å². The minimum absolute atomic E-state index is 0.0860. The highest BCUT2D eigenvalue weighted by Gasteiger charge is 2.59. The highest BCUT2D eigenvalue weighted by Crippen LogP contribution is 2.64. The molecule has 0 saturated carbocycles. The first kappa shape index (κ1) is 77.0. The standard InChI is InChI=1S/C12H13O5P.C12H21O5P.C11H13O5P.C11H11O5P.C11H13O4P.C10H11O5P/c1-9-3-2-4-10(5-9)11(13)12-6-15-18(14,16-7-12)17-8-12;1-2-3-4-5-6-7-11(13)12-8-15-18(14,16-9-12)17-10-12;1-9-3-2-4-10(5-9)16-11-6-13-17(12,14-7-11)15-8-11;12-10(9-4-2-1-3-5-9)11-6-14-17(13,15-7-11)16-8-11;12-16-13-7-11(8-14-16,9-15-16)6-10-4-2-1-3-5-10;11-16-12-6-10(7-13-16,8-14-16)15-9-4-2-1-3-5-9/h2-5H,6-8H2,1H3;2-10H2,1H3;2-5H,6-8H2,1H3;1-5H,6-8H2;1-5H,6-9H2;1-5H,6-8H2. The Bertz CT molecular complexity index is 3820. The molecule has 0 amide bonds. The number of para-hydroxylation sites is 1. The maximum absolute atomic E-state index is 12.5. The Morgan fingerprint density at radius 3 is 1.08 bits per heavy atom. The lowest BCUT2D eigenvalue weighted by Gasteiger charge is -2.44. The van der Waals surface area contributed by atoms with Gasteiger partial charge in [-0.1, -0.05) is 147 Å². The van der Waals surface area contributed by atoms with Crippen LogP contribution in [-0.4, -0.2) is 147 Å². The lowest BCUT2D eigenvalue weighted by molar-refractivity contribution is -0.150. The van der Waals surface area contributed by atoms with Gasteiger partial charge in [0.2, 0.25) is 0 Å². The molecule has 12 bridgehead atoms. The topological polar surface area (TPSA) is 338 Å². The van der Waals surface area contributed by atoms with Gasteiger partial charge in [0.05, 0.1) is 79.3 Å². The van der Waals surface area contributed by atoms with Crippen molar-refractivity contribution in [1.82, 2.24) is 0 Å². The molecule has 18 aliphatic rings. The summed E-state index contributed by atoms with van der Waals surface area (Å²) in [6.45, 7) is 9.97. The summed E-state index contributed by atoms with van der Waals surface area (Å²) >= 11 is 0. The first-order valence-corrected chi connectivity index (χ1v) is 42.0. The molecule has 0 spiro atoms. The summed E-state index contributed by atoms with van der Waals surface area (Å²) in [5.41, 5.74) is 0.574. The van der Waals surface area contributed by atoms with Crippen LogP contribution in [0.4, 0.5) is 0 Å². The molecule has 0 aromatic heterocycles. The maximum atomic E-state index is 12.5. The number of phosphoric acid groups is 6. The number of fused-ring (bicyclic) bond motifs is 18. The third-order valence-corrected chi connectivity index (χ3v) is 26.2. The van der Waals surface area contributed by atoms with Crippen molar-refractivity contribution in [3.63, 3.8) is 0 Å². The highest BCUT2D eigenvalue weighted by atomic mass is 31.2. The van der Waals surface area contributed by atoms with Crippen molar-refractivity contribution in [3.8, 4) is 11.5 Å². The third-order valence-electron chi connectivity index (χ3n) is 18.2. The first-order chi connectivity index (χ1) is 48.8. The third kappa shape index (κ3) is 18.7. The summed E-state index contributed by atoms with van der Waals surface area (Å²) in [6, 6.07) is 43.4. The number of carbonyl (C=O) groups is 3. The van der Waals surface area contributed by atoms with E-state index in [1.54, 1.807) is 30.3 Å². The molecular weight excluding hydrogens is 1450 g/mol. The van der Waals surface area contributed by atoms with Gasteiger partial charge in [0.1, 0.15) is 73.2 Å². The Kier molecular flexibility index (Phi) is 24.2. The monoisotopic (exact) mass is 1540 g/mol. The zero-order valence-electron chi connectivity index (χ0n) is 56.5. The van der Waals surface area contributed by atoms with Crippen molar-refractivity contribution in [2.75, 3.05) is 119 Å². The van der Waals surface area contributed by atoms with Crippen LogP contribution in [0, 0.1) is 35.5 Å². The Morgan fingerprint density at radius 1 is 0.343 bits per heavy atom. The molecule has 35 heteroatoms. The highest BCUT2D eigenvalue weighted by molar-refractivity contribution is 7.50. The normalized spacial score (nSPS) is 35.9. The Hall–Kier alpha value is -4.63.